The van der Waals surface area contributed by atoms with Gasteiger partial charge in [-0.15, -0.1) is 0 Å². The molecule has 0 spiro atoms. The van der Waals surface area contributed by atoms with E-state index < -0.39 is 97.5 Å². The number of rotatable bonds is 87. The lowest BCUT2D eigenvalue weighted by Gasteiger charge is -2.21. The van der Waals surface area contributed by atoms with Gasteiger partial charge >= 0.3 is 39.5 Å². The number of carbonyl (C=O) groups is 4. The van der Waals surface area contributed by atoms with Crippen LogP contribution in [0.4, 0.5) is 0 Å². The molecule has 0 aliphatic carbocycles. The summed E-state index contributed by atoms with van der Waals surface area (Å²) in [5.74, 6) is -0.444. The van der Waals surface area contributed by atoms with Crippen LogP contribution in [-0.2, 0) is 65.4 Å². The van der Waals surface area contributed by atoms with E-state index in [1.807, 2.05) is 0 Å². The third kappa shape index (κ3) is 80.5. The molecule has 0 amide bonds. The van der Waals surface area contributed by atoms with Gasteiger partial charge < -0.3 is 33.8 Å². The summed E-state index contributed by atoms with van der Waals surface area (Å²) in [5.41, 5.74) is 0. The van der Waals surface area contributed by atoms with Gasteiger partial charge in [0.2, 0.25) is 0 Å². The topological polar surface area (TPSA) is 237 Å². The first-order valence-corrected chi connectivity index (χ1v) is 48.5. The molecule has 0 aromatic carbocycles. The highest BCUT2D eigenvalue weighted by atomic mass is 31.2. The van der Waals surface area contributed by atoms with Crippen LogP contribution in [0.3, 0.4) is 0 Å². The molecule has 0 rings (SSSR count). The summed E-state index contributed by atoms with van der Waals surface area (Å²) in [6.45, 7) is 9.78. The highest BCUT2D eigenvalue weighted by Gasteiger charge is 2.31. The van der Waals surface area contributed by atoms with Crippen molar-refractivity contribution in [2.24, 2.45) is 11.8 Å². The summed E-state index contributed by atoms with van der Waals surface area (Å²) in [5, 5.41) is 10.7. The minimum atomic E-state index is -4.97. The fourth-order valence-electron chi connectivity index (χ4n) is 13.7. The highest BCUT2D eigenvalue weighted by Crippen LogP contribution is 2.45. The largest absolute Gasteiger partial charge is 0.472 e. The molecule has 0 saturated heterocycles. The summed E-state index contributed by atoms with van der Waals surface area (Å²) >= 11 is 0. The van der Waals surface area contributed by atoms with Gasteiger partial charge in [0.05, 0.1) is 26.4 Å². The fraction of sp³-hybridized carbons (Fsp3) is 0.955. The van der Waals surface area contributed by atoms with E-state index in [0.29, 0.717) is 25.7 Å². The Hall–Kier alpha value is -1.94. The molecule has 6 atom stereocenters. The van der Waals surface area contributed by atoms with Gasteiger partial charge in [0, 0.05) is 25.7 Å². The van der Waals surface area contributed by atoms with E-state index in [1.54, 1.807) is 0 Å². The van der Waals surface area contributed by atoms with Crippen molar-refractivity contribution in [2.45, 2.75) is 490 Å². The third-order valence-electron chi connectivity index (χ3n) is 21.1. The Labute approximate surface area is 658 Å². The van der Waals surface area contributed by atoms with Gasteiger partial charge in [-0.25, -0.2) is 9.13 Å². The smallest absolute Gasteiger partial charge is 0.462 e. The van der Waals surface area contributed by atoms with Crippen LogP contribution in [-0.4, -0.2) is 96.7 Å². The molecule has 19 heteroatoms. The molecule has 0 heterocycles. The van der Waals surface area contributed by atoms with Crippen molar-refractivity contribution >= 4 is 39.5 Å². The molecule has 3 unspecified atom stereocenters. The molecule has 0 aliphatic rings. The maximum absolute atomic E-state index is 13.2. The van der Waals surface area contributed by atoms with Gasteiger partial charge in [0.25, 0.3) is 0 Å². The van der Waals surface area contributed by atoms with Gasteiger partial charge in [-0.1, -0.05) is 420 Å². The average molecular weight is 1560 g/mol. The lowest BCUT2D eigenvalue weighted by molar-refractivity contribution is -0.161. The molecular weight excluding hydrogens is 1390 g/mol. The summed E-state index contributed by atoms with van der Waals surface area (Å²) < 4.78 is 69.0. The Morgan fingerprint density at radius 2 is 0.477 bits per heavy atom. The van der Waals surface area contributed by atoms with Crippen LogP contribution in [0.2, 0.25) is 0 Å². The van der Waals surface area contributed by atoms with E-state index in [1.165, 1.54) is 289 Å². The maximum atomic E-state index is 13.2. The number of aliphatic hydroxyl groups excluding tert-OH is 1. The van der Waals surface area contributed by atoms with Crippen molar-refractivity contribution in [2.75, 3.05) is 39.6 Å². The van der Waals surface area contributed by atoms with Crippen molar-refractivity contribution in [3.05, 3.63) is 0 Å². The first-order valence-electron chi connectivity index (χ1n) is 45.5. The number of hydrogen-bond donors (Lipinski definition) is 3. The van der Waals surface area contributed by atoms with Crippen LogP contribution >= 0.6 is 15.6 Å². The fourth-order valence-corrected chi connectivity index (χ4v) is 15.3. The monoisotopic (exact) mass is 1560 g/mol. The molecule has 636 valence electrons. The van der Waals surface area contributed by atoms with E-state index in [4.69, 9.17) is 37.0 Å². The summed E-state index contributed by atoms with van der Waals surface area (Å²) in [4.78, 5) is 73.4. The molecule has 0 bridgehead atoms. The van der Waals surface area contributed by atoms with Crippen molar-refractivity contribution < 1.29 is 80.2 Å². The second kappa shape index (κ2) is 79.3. The quantitative estimate of drug-likeness (QED) is 0.0222. The van der Waals surface area contributed by atoms with Crippen LogP contribution in [0.15, 0.2) is 0 Å². The number of carbonyl (C=O) groups excluding carboxylic acids is 4. The van der Waals surface area contributed by atoms with E-state index in [2.05, 4.69) is 41.5 Å². The van der Waals surface area contributed by atoms with Crippen molar-refractivity contribution in [1.82, 2.24) is 0 Å². The summed E-state index contributed by atoms with van der Waals surface area (Å²) in [7, 11) is -9.93. The minimum absolute atomic E-state index is 0.108. The van der Waals surface area contributed by atoms with E-state index >= 15 is 0 Å². The van der Waals surface area contributed by atoms with Crippen LogP contribution < -0.4 is 0 Å². The SMILES string of the molecule is CCCCCCCCCCCCCCCCCCCCC(=O)O[C@H](COC(=O)CCCCCCCCCCCCCCC)COP(=O)(O)OC[C@H](O)COP(=O)(O)OC[C@@H](COC(=O)CCCCCCCCCCCCCCCCC(C)CC)OC(=O)CCCCCCCCCCCCCCCCCC(C)C. The Morgan fingerprint density at radius 3 is 0.710 bits per heavy atom. The molecule has 17 nitrogen and oxygen atoms in total. The lowest BCUT2D eigenvalue weighted by atomic mass is 9.99. The first kappa shape index (κ1) is 105. The van der Waals surface area contributed by atoms with Gasteiger partial charge in [-0.3, -0.25) is 37.3 Å². The van der Waals surface area contributed by atoms with Crippen LogP contribution in [0.5, 0.6) is 0 Å². The third-order valence-corrected chi connectivity index (χ3v) is 23.0. The lowest BCUT2D eigenvalue weighted by Crippen LogP contribution is -2.30. The maximum Gasteiger partial charge on any atom is 0.472 e. The zero-order chi connectivity index (χ0) is 78.5. The Balaban J connectivity index is 5.27. The zero-order valence-corrected chi connectivity index (χ0v) is 72.2. The summed E-state index contributed by atoms with van der Waals surface area (Å²) in [6.07, 6.45) is 72.0. The molecule has 0 fully saturated rings. The number of hydrogen-bond acceptors (Lipinski definition) is 15. The normalized spacial score (nSPS) is 14.0. The molecule has 0 aromatic rings. The van der Waals surface area contributed by atoms with Crippen molar-refractivity contribution in [3.8, 4) is 0 Å². The molecule has 0 aliphatic heterocycles. The Kier molecular flexibility index (Phi) is 77.9. The number of aliphatic hydroxyl groups is 1. The number of ether oxygens (including phenoxy) is 4. The van der Waals surface area contributed by atoms with Crippen molar-refractivity contribution in [1.29, 1.82) is 0 Å². The van der Waals surface area contributed by atoms with Crippen LogP contribution in [0.1, 0.15) is 472 Å². The summed E-state index contributed by atoms with van der Waals surface area (Å²) in [6, 6.07) is 0. The van der Waals surface area contributed by atoms with Crippen molar-refractivity contribution in [3.63, 3.8) is 0 Å². The number of esters is 4. The van der Waals surface area contributed by atoms with E-state index in [9.17, 15) is 43.2 Å². The Bertz CT molecular complexity index is 2050. The molecule has 107 heavy (non-hydrogen) atoms. The number of phosphoric acid groups is 2. The highest BCUT2D eigenvalue weighted by molar-refractivity contribution is 7.47. The van der Waals surface area contributed by atoms with Gasteiger partial charge in [-0.2, -0.15) is 0 Å². The average Bonchev–Trinajstić information content (AvgIpc) is 0.897. The molecule has 3 N–H and O–H groups in total. The zero-order valence-electron chi connectivity index (χ0n) is 70.5. The predicted molar refractivity (Wildman–Crippen MR) is 442 cm³/mol. The minimum Gasteiger partial charge on any atom is -0.462 e. The number of phosphoric ester groups is 2. The van der Waals surface area contributed by atoms with Crippen LogP contribution in [0, 0.1) is 11.8 Å². The van der Waals surface area contributed by atoms with Gasteiger partial charge in [0.1, 0.15) is 19.3 Å². The molecule has 0 aromatic heterocycles. The standard InChI is InChI=1S/C88H172O17P2/c1-7-10-12-14-16-18-20-22-23-24-25-28-36-42-48-54-60-66-72-87(92)104-83(76-98-85(90)70-64-58-52-46-40-32-21-19-17-15-13-11-8-2)78-102-106(94,95)100-74-82(89)75-101-107(96,97)103-79-84(105-88(93)73-67-61-55-49-43-37-29-26-27-33-38-44-50-56-62-68-80(4)5)77-99-86(91)71-65-59-53-47-41-35-31-30-34-39-45-51-57-63-69-81(6)9-3/h80-84,89H,7-79H2,1-6H3,(H,94,95)(H,96,97)/t81?,82-,83+,84+/m0/s1. The number of unbranched alkanes of at least 4 members (excludes halogenated alkanes) is 56. The first-order chi connectivity index (χ1) is 51.9. The van der Waals surface area contributed by atoms with Gasteiger partial charge in [0.15, 0.2) is 12.2 Å². The molecule has 0 radical (unpaired) electrons. The Morgan fingerprint density at radius 1 is 0.271 bits per heavy atom. The van der Waals surface area contributed by atoms with E-state index in [-0.39, 0.29) is 25.7 Å². The molecular formula is C88H172O17P2. The van der Waals surface area contributed by atoms with E-state index in [0.717, 1.165) is 102 Å². The second-order valence-electron chi connectivity index (χ2n) is 32.4. The molecule has 0 saturated carbocycles. The second-order valence-corrected chi connectivity index (χ2v) is 35.3. The van der Waals surface area contributed by atoms with Crippen LogP contribution in [0.25, 0.3) is 0 Å². The predicted octanol–water partition coefficient (Wildman–Crippen LogP) is 27.0. The van der Waals surface area contributed by atoms with Gasteiger partial charge in [-0.05, 0) is 37.5 Å².